The van der Waals surface area contributed by atoms with Crippen LogP contribution in [0.4, 0.5) is 4.79 Å². The molecule has 0 aliphatic carbocycles. The highest BCUT2D eigenvalue weighted by Crippen LogP contribution is 2.30. The van der Waals surface area contributed by atoms with Gasteiger partial charge in [0, 0.05) is 19.6 Å². The van der Waals surface area contributed by atoms with Crippen molar-refractivity contribution in [2.24, 2.45) is 0 Å². The highest BCUT2D eigenvalue weighted by molar-refractivity contribution is 7.85. The number of carboxylic acid groups (broad SMARTS) is 1. The average Bonchev–Trinajstić information content (AvgIpc) is 2.92. The third kappa shape index (κ3) is 6.16. The number of imide groups is 1. The Bertz CT molecular complexity index is 1520. The predicted octanol–water partition coefficient (Wildman–Crippen LogP) is -0.787. The lowest BCUT2D eigenvalue weighted by molar-refractivity contribution is -0.153. The van der Waals surface area contributed by atoms with E-state index in [0.29, 0.717) is 10.5 Å². The molecule has 2 aliphatic heterocycles. The van der Waals surface area contributed by atoms with Crippen molar-refractivity contribution in [3.8, 4) is 5.75 Å². The van der Waals surface area contributed by atoms with E-state index in [1.165, 1.54) is 17.0 Å². The molecule has 15 nitrogen and oxygen atoms in total. The molecule has 0 aromatic heterocycles. The molecule has 1 saturated heterocycles. The van der Waals surface area contributed by atoms with Gasteiger partial charge in [-0.25, -0.2) is 9.59 Å². The number of fused-ring (bicyclic) bond motifs is 1. The first-order valence-corrected chi connectivity index (χ1v) is 13.7. The maximum Gasteiger partial charge on any atom is 0.547 e. The fraction of sp³-hybridized carbons (Fsp3) is 0.292. The van der Waals surface area contributed by atoms with Gasteiger partial charge in [0.05, 0.1) is 16.4 Å². The van der Waals surface area contributed by atoms with Crippen molar-refractivity contribution in [1.29, 1.82) is 0 Å². The van der Waals surface area contributed by atoms with Crippen LogP contribution < -0.4 is 15.3 Å². The van der Waals surface area contributed by atoms with Gasteiger partial charge in [-0.15, -0.1) is 0 Å². The topological polar surface area (TPSA) is 220 Å². The molecule has 0 saturated carbocycles. The average molecular weight is 588 g/mol. The minimum Gasteiger partial charge on any atom is -0.534 e. The lowest BCUT2D eigenvalue weighted by Gasteiger charge is -2.33. The summed E-state index contributed by atoms with van der Waals surface area (Å²) in [6.45, 7) is 1.87. The number of nitrogens with zero attached hydrogens (tertiary/aromatic N) is 2. The van der Waals surface area contributed by atoms with Crippen molar-refractivity contribution in [1.82, 2.24) is 20.4 Å². The summed E-state index contributed by atoms with van der Waals surface area (Å²) in [5.74, 6) is -5.34. The van der Waals surface area contributed by atoms with E-state index >= 15 is 0 Å². The van der Waals surface area contributed by atoms with Crippen molar-refractivity contribution in [2.75, 3.05) is 19.6 Å². The molecule has 2 heterocycles. The van der Waals surface area contributed by atoms with Gasteiger partial charge >= 0.3 is 30.9 Å². The summed E-state index contributed by atoms with van der Waals surface area (Å²) in [7, 11) is -6.24. The van der Waals surface area contributed by atoms with Crippen molar-refractivity contribution < 1.29 is 51.7 Å². The fourth-order valence-corrected chi connectivity index (χ4v) is 4.97. The first-order valence-electron chi connectivity index (χ1n) is 12.3. The monoisotopic (exact) mass is 588 g/mol. The number of carbonyl (C=O) groups is 5. The number of aromatic carboxylic acids is 1. The van der Waals surface area contributed by atoms with Crippen LogP contribution in [0.25, 0.3) is 0 Å². The molecule has 1 unspecified atom stereocenters. The number of likely N-dealkylation sites (N-methyl/N-ethyl adjacent to an activating group) is 1. The first kappa shape index (κ1) is 29.5. The Labute approximate surface area is 234 Å². The maximum absolute atomic E-state index is 13.5. The number of rotatable bonds is 7. The van der Waals surface area contributed by atoms with Gasteiger partial charge in [0.1, 0.15) is 11.8 Å². The molecule has 4 rings (SSSR count). The van der Waals surface area contributed by atoms with Crippen LogP contribution in [0.3, 0.4) is 0 Å². The van der Waals surface area contributed by atoms with Crippen LogP contribution in [0, 0.1) is 0 Å². The van der Waals surface area contributed by atoms with Crippen LogP contribution in [0.5, 0.6) is 5.75 Å². The van der Waals surface area contributed by atoms with Crippen molar-refractivity contribution in [2.45, 2.75) is 30.2 Å². The van der Waals surface area contributed by atoms with E-state index in [2.05, 4.69) is 10.6 Å². The summed E-state index contributed by atoms with van der Waals surface area (Å²) < 4.78 is 37.6. The fourth-order valence-electron chi connectivity index (χ4n) is 4.49. The molecule has 216 valence electrons. The van der Waals surface area contributed by atoms with Gasteiger partial charge in [0.15, 0.2) is 0 Å². The van der Waals surface area contributed by atoms with Crippen molar-refractivity contribution >= 4 is 47.0 Å². The van der Waals surface area contributed by atoms with E-state index in [0.717, 1.165) is 24.3 Å². The van der Waals surface area contributed by atoms with Gasteiger partial charge in [-0.1, -0.05) is 24.3 Å². The Morgan fingerprint density at radius 3 is 2.39 bits per heavy atom. The van der Waals surface area contributed by atoms with Crippen LogP contribution in [0.2, 0.25) is 0 Å². The van der Waals surface area contributed by atoms with Crippen LogP contribution in [0.15, 0.2) is 47.4 Å². The van der Waals surface area contributed by atoms with Crippen LogP contribution in [-0.4, -0.2) is 95.3 Å². The number of amides is 5. The minimum absolute atomic E-state index is 0.0361. The quantitative estimate of drug-likeness (QED) is 0.153. The molecule has 2 aromatic rings. The molecule has 5 N–H and O–H groups in total. The number of carbonyl (C=O) groups excluding carboxylic acids is 4. The SMILES string of the molecule is CCN1CCN(C(=O)NC(C(=O)N[C@H]2Cc3cccc(C(=O)O)c3OB2O)c2ccc(S(=O)(=O)O)cc2)C(=O)C1=O. The summed E-state index contributed by atoms with van der Waals surface area (Å²) >= 11 is 0. The molecular weight excluding hydrogens is 563 g/mol. The zero-order valence-corrected chi connectivity index (χ0v) is 22.3. The Balaban J connectivity index is 1.59. The van der Waals surface area contributed by atoms with Crippen molar-refractivity contribution in [3.05, 3.63) is 59.2 Å². The van der Waals surface area contributed by atoms with Gasteiger partial charge in [0.2, 0.25) is 5.91 Å². The molecule has 5 amide bonds. The normalized spacial score (nSPS) is 17.8. The maximum atomic E-state index is 13.5. The molecule has 2 aliphatic rings. The lowest BCUT2D eigenvalue weighted by Crippen LogP contribution is -2.60. The standard InChI is InChI=1S/C24H25BN4O11S/c1-2-28-10-11-29(22(32)21(28)31)24(35)27-18(13-6-8-15(9-7-13)41(37,38)39)20(30)26-17-12-14-4-3-5-16(23(33)34)19(14)40-25(17)36/h3-9,17-18,36H,2,10-12H2,1H3,(H,26,30)(H,27,35)(H,33,34)(H,37,38,39)/t17-,18?/m0/s1. The Morgan fingerprint density at radius 2 is 1.78 bits per heavy atom. The van der Waals surface area contributed by atoms with E-state index < -0.39 is 63.8 Å². The molecular formula is C24H25BN4O11S. The van der Waals surface area contributed by atoms with E-state index in [4.69, 9.17) is 4.65 Å². The van der Waals surface area contributed by atoms with E-state index in [9.17, 15) is 47.1 Å². The van der Waals surface area contributed by atoms with Crippen LogP contribution in [0.1, 0.15) is 34.5 Å². The highest BCUT2D eigenvalue weighted by Gasteiger charge is 2.41. The second-order valence-electron chi connectivity index (χ2n) is 9.19. The molecule has 17 heteroatoms. The molecule has 2 aromatic carbocycles. The molecule has 0 spiro atoms. The first-order chi connectivity index (χ1) is 19.3. The van der Waals surface area contributed by atoms with Crippen molar-refractivity contribution in [3.63, 3.8) is 0 Å². The molecule has 0 radical (unpaired) electrons. The smallest absolute Gasteiger partial charge is 0.534 e. The van der Waals surface area contributed by atoms with E-state index in [1.54, 1.807) is 13.0 Å². The number of para-hydroxylation sites is 1. The highest BCUT2D eigenvalue weighted by atomic mass is 32.2. The Morgan fingerprint density at radius 1 is 1.10 bits per heavy atom. The summed E-state index contributed by atoms with van der Waals surface area (Å²) in [4.78, 5) is 64.2. The number of benzene rings is 2. The summed E-state index contributed by atoms with van der Waals surface area (Å²) in [5, 5.41) is 24.8. The number of hydrogen-bond acceptors (Lipinski definition) is 9. The van der Waals surface area contributed by atoms with Gasteiger partial charge in [-0.2, -0.15) is 8.42 Å². The summed E-state index contributed by atoms with van der Waals surface area (Å²) in [6.07, 6.45) is -0.0440. The van der Waals surface area contributed by atoms with Gasteiger partial charge in [0.25, 0.3) is 10.1 Å². The second kappa shape index (κ2) is 11.6. The number of nitrogens with one attached hydrogen (secondary N) is 2. The lowest BCUT2D eigenvalue weighted by atomic mass is 9.72. The van der Waals surface area contributed by atoms with E-state index in [1.807, 2.05) is 0 Å². The zero-order valence-electron chi connectivity index (χ0n) is 21.5. The number of urea groups is 1. The third-order valence-corrected chi connectivity index (χ3v) is 7.52. The van der Waals surface area contributed by atoms with E-state index in [-0.39, 0.29) is 42.9 Å². The second-order valence-corrected chi connectivity index (χ2v) is 10.6. The number of hydrogen-bond donors (Lipinski definition) is 5. The molecule has 1 fully saturated rings. The zero-order chi connectivity index (χ0) is 30.1. The molecule has 0 bridgehead atoms. The number of piperazine rings is 1. The summed E-state index contributed by atoms with van der Waals surface area (Å²) in [5.41, 5.74) is 0.239. The predicted molar refractivity (Wildman–Crippen MR) is 139 cm³/mol. The van der Waals surface area contributed by atoms with Crippen LogP contribution in [-0.2, 0) is 30.9 Å². The Kier molecular flexibility index (Phi) is 8.32. The molecule has 41 heavy (non-hydrogen) atoms. The van der Waals surface area contributed by atoms with Gasteiger partial charge in [-0.3, -0.25) is 23.8 Å². The van der Waals surface area contributed by atoms with Crippen LogP contribution >= 0.6 is 0 Å². The largest absolute Gasteiger partial charge is 0.547 e. The van der Waals surface area contributed by atoms with Gasteiger partial charge < -0.3 is 30.3 Å². The number of carboxylic acids is 1. The summed E-state index contributed by atoms with van der Waals surface area (Å²) in [6, 6.07) is 5.97. The minimum atomic E-state index is -4.57. The molecule has 2 atom stereocenters. The van der Waals surface area contributed by atoms with Gasteiger partial charge in [-0.05, 0) is 42.7 Å². The third-order valence-electron chi connectivity index (χ3n) is 6.65. The Hall–Kier alpha value is -4.48.